The van der Waals surface area contributed by atoms with E-state index in [4.69, 9.17) is 9.84 Å². The molecule has 3 aromatic rings. The van der Waals surface area contributed by atoms with Gasteiger partial charge in [-0.3, -0.25) is 10.1 Å². The Bertz CT molecular complexity index is 1110. The zero-order valence-corrected chi connectivity index (χ0v) is 16.9. The van der Waals surface area contributed by atoms with Gasteiger partial charge in [-0.2, -0.15) is 0 Å². The Balaban J connectivity index is 1.55. The van der Waals surface area contributed by atoms with E-state index in [1.807, 2.05) is 24.3 Å². The van der Waals surface area contributed by atoms with Crippen molar-refractivity contribution < 1.29 is 19.4 Å². The Kier molecular flexibility index (Phi) is 5.70. The molecule has 1 aliphatic carbocycles. The lowest BCUT2D eigenvalue weighted by Crippen LogP contribution is -2.35. The number of hydrogen-bond acceptors (Lipinski definition) is 5. The summed E-state index contributed by atoms with van der Waals surface area (Å²) in [6.45, 7) is 0. The number of aromatic nitrogens is 1. The molecule has 0 saturated carbocycles. The maximum atomic E-state index is 12.9. The molecule has 4 N–H and O–H groups in total. The van der Waals surface area contributed by atoms with Crippen molar-refractivity contribution in [3.05, 3.63) is 77.5 Å². The van der Waals surface area contributed by atoms with Crippen LogP contribution >= 0.6 is 0 Å². The molecule has 0 atom stereocenters. The molecule has 0 radical (unpaired) electrons. The Morgan fingerprint density at radius 1 is 1.00 bits per heavy atom. The number of carbonyl (C=O) groups excluding carboxylic acids is 1. The fraction of sp³-hybridized carbons (Fsp3) is 0.174. The molecule has 1 aliphatic rings. The standard InChI is InChI=1S/C23H22N4O4/c1-31-19-8-4-7-16(11-19)24-21-13-18(26-23(29)30)12-20(27-21)22(28)25-17-9-14-5-2-3-6-15(14)10-17/h2-8,11-13,17H,9-10H2,1H3,(H,25,28)(H,29,30)(H2,24,26,27). The summed E-state index contributed by atoms with van der Waals surface area (Å²) in [5.41, 5.74) is 3.50. The van der Waals surface area contributed by atoms with Crippen molar-refractivity contribution >= 4 is 29.2 Å². The summed E-state index contributed by atoms with van der Waals surface area (Å²) < 4.78 is 5.22. The molecule has 4 rings (SSSR count). The third-order valence-corrected chi connectivity index (χ3v) is 5.04. The minimum absolute atomic E-state index is 0.0300. The van der Waals surface area contributed by atoms with Crippen LogP contribution in [0, 0.1) is 0 Å². The Morgan fingerprint density at radius 2 is 1.74 bits per heavy atom. The average molecular weight is 418 g/mol. The highest BCUT2D eigenvalue weighted by atomic mass is 16.5. The zero-order valence-electron chi connectivity index (χ0n) is 16.9. The largest absolute Gasteiger partial charge is 0.497 e. The molecule has 2 aromatic carbocycles. The molecule has 0 unspecified atom stereocenters. The van der Waals surface area contributed by atoms with Gasteiger partial charge in [-0.1, -0.05) is 30.3 Å². The van der Waals surface area contributed by atoms with E-state index in [-0.39, 0.29) is 23.3 Å². The van der Waals surface area contributed by atoms with Crippen LogP contribution < -0.4 is 20.7 Å². The number of anilines is 3. The number of fused-ring (bicyclic) bond motifs is 1. The van der Waals surface area contributed by atoms with Crippen LogP contribution in [0.3, 0.4) is 0 Å². The second kappa shape index (κ2) is 8.74. The molecule has 8 heteroatoms. The molecular formula is C23H22N4O4. The van der Waals surface area contributed by atoms with Crippen LogP contribution in [0.1, 0.15) is 21.6 Å². The normalized spacial score (nSPS) is 12.7. The molecule has 0 saturated heterocycles. The summed E-state index contributed by atoms with van der Waals surface area (Å²) in [5.74, 6) is 0.628. The van der Waals surface area contributed by atoms with Gasteiger partial charge < -0.3 is 20.5 Å². The van der Waals surface area contributed by atoms with Gasteiger partial charge in [-0.25, -0.2) is 9.78 Å². The Hall–Kier alpha value is -4.07. The van der Waals surface area contributed by atoms with Crippen LogP contribution in [0.2, 0.25) is 0 Å². The van der Waals surface area contributed by atoms with Crippen LogP contribution in [0.4, 0.5) is 22.0 Å². The molecule has 0 aliphatic heterocycles. The second-order valence-corrected chi connectivity index (χ2v) is 7.26. The number of ether oxygens (including phenoxy) is 1. The lowest BCUT2D eigenvalue weighted by atomic mass is 10.1. The van der Waals surface area contributed by atoms with Gasteiger partial charge in [0.25, 0.3) is 5.91 Å². The quantitative estimate of drug-likeness (QED) is 0.484. The summed E-state index contributed by atoms with van der Waals surface area (Å²) in [6, 6.07) is 18.2. The smallest absolute Gasteiger partial charge is 0.409 e. The number of amides is 2. The number of methoxy groups -OCH3 is 1. The van der Waals surface area contributed by atoms with E-state index < -0.39 is 6.09 Å². The lowest BCUT2D eigenvalue weighted by Gasteiger charge is -2.14. The van der Waals surface area contributed by atoms with Crippen molar-refractivity contribution in [3.63, 3.8) is 0 Å². The van der Waals surface area contributed by atoms with E-state index in [0.717, 1.165) is 12.8 Å². The average Bonchev–Trinajstić information content (AvgIpc) is 3.15. The van der Waals surface area contributed by atoms with Crippen molar-refractivity contribution in [2.45, 2.75) is 18.9 Å². The Morgan fingerprint density at radius 3 is 2.42 bits per heavy atom. The number of nitrogens with zero attached hydrogens (tertiary/aromatic N) is 1. The van der Waals surface area contributed by atoms with Crippen LogP contribution in [0.15, 0.2) is 60.7 Å². The predicted molar refractivity (Wildman–Crippen MR) is 117 cm³/mol. The number of nitrogens with one attached hydrogen (secondary N) is 3. The van der Waals surface area contributed by atoms with Crippen LogP contribution in [-0.2, 0) is 12.8 Å². The highest BCUT2D eigenvalue weighted by Crippen LogP contribution is 2.24. The highest BCUT2D eigenvalue weighted by Gasteiger charge is 2.23. The van der Waals surface area contributed by atoms with E-state index >= 15 is 0 Å². The van der Waals surface area contributed by atoms with E-state index in [1.54, 1.807) is 19.2 Å². The van der Waals surface area contributed by atoms with Gasteiger partial charge in [-0.05, 0) is 42.2 Å². The number of rotatable bonds is 6. The topological polar surface area (TPSA) is 113 Å². The number of hydrogen-bond donors (Lipinski definition) is 4. The summed E-state index contributed by atoms with van der Waals surface area (Å²) in [5, 5.41) is 17.5. The maximum absolute atomic E-state index is 12.9. The maximum Gasteiger partial charge on any atom is 0.409 e. The number of carbonyl (C=O) groups is 2. The first-order chi connectivity index (χ1) is 15.0. The minimum atomic E-state index is -1.23. The van der Waals surface area contributed by atoms with Crippen molar-refractivity contribution in [2.75, 3.05) is 17.7 Å². The van der Waals surface area contributed by atoms with Gasteiger partial charge in [0, 0.05) is 23.9 Å². The highest BCUT2D eigenvalue weighted by molar-refractivity contribution is 5.95. The first kappa shape index (κ1) is 20.2. The summed E-state index contributed by atoms with van der Waals surface area (Å²) >= 11 is 0. The predicted octanol–water partition coefficient (Wildman–Crippen LogP) is 3.82. The first-order valence-corrected chi connectivity index (χ1v) is 9.81. The number of carboxylic acid groups (broad SMARTS) is 1. The van der Waals surface area contributed by atoms with E-state index in [9.17, 15) is 9.59 Å². The minimum Gasteiger partial charge on any atom is -0.497 e. The monoisotopic (exact) mass is 418 g/mol. The second-order valence-electron chi connectivity index (χ2n) is 7.26. The van der Waals surface area contributed by atoms with Crippen molar-refractivity contribution in [1.82, 2.24) is 10.3 Å². The fourth-order valence-electron chi connectivity index (χ4n) is 3.68. The van der Waals surface area contributed by atoms with Crippen molar-refractivity contribution in [1.29, 1.82) is 0 Å². The van der Waals surface area contributed by atoms with Gasteiger partial charge in [0.05, 0.1) is 12.8 Å². The van der Waals surface area contributed by atoms with Crippen molar-refractivity contribution in [2.24, 2.45) is 0 Å². The van der Waals surface area contributed by atoms with Gasteiger partial charge >= 0.3 is 6.09 Å². The van der Waals surface area contributed by atoms with Gasteiger partial charge in [0.15, 0.2) is 0 Å². The van der Waals surface area contributed by atoms with Gasteiger partial charge in [-0.15, -0.1) is 0 Å². The molecular weight excluding hydrogens is 396 g/mol. The summed E-state index contributed by atoms with van der Waals surface area (Å²) in [6.07, 6.45) is 0.282. The van der Waals surface area contributed by atoms with Crippen LogP contribution in [-0.4, -0.2) is 35.2 Å². The number of benzene rings is 2. The third kappa shape index (κ3) is 4.92. The zero-order chi connectivity index (χ0) is 21.8. The number of pyridine rings is 1. The van der Waals surface area contributed by atoms with Crippen LogP contribution in [0.5, 0.6) is 5.75 Å². The first-order valence-electron chi connectivity index (χ1n) is 9.81. The molecule has 0 spiro atoms. The van der Waals surface area contributed by atoms with Gasteiger partial charge in [0.2, 0.25) is 0 Å². The third-order valence-electron chi connectivity index (χ3n) is 5.04. The molecule has 2 amide bonds. The summed E-state index contributed by atoms with van der Waals surface area (Å²) in [7, 11) is 1.57. The van der Waals surface area contributed by atoms with Crippen molar-refractivity contribution in [3.8, 4) is 5.75 Å². The van der Waals surface area contributed by atoms with Crippen LogP contribution in [0.25, 0.3) is 0 Å². The van der Waals surface area contributed by atoms with E-state index in [2.05, 4.69) is 33.1 Å². The fourth-order valence-corrected chi connectivity index (χ4v) is 3.68. The molecule has 8 nitrogen and oxygen atoms in total. The molecule has 0 bridgehead atoms. The molecule has 1 heterocycles. The molecule has 158 valence electrons. The molecule has 31 heavy (non-hydrogen) atoms. The lowest BCUT2D eigenvalue weighted by molar-refractivity contribution is 0.0933. The van der Waals surface area contributed by atoms with E-state index in [0.29, 0.717) is 17.3 Å². The molecule has 0 fully saturated rings. The van der Waals surface area contributed by atoms with E-state index in [1.165, 1.54) is 23.3 Å². The van der Waals surface area contributed by atoms with Gasteiger partial charge in [0.1, 0.15) is 17.3 Å². The summed E-state index contributed by atoms with van der Waals surface area (Å²) in [4.78, 5) is 28.4. The molecule has 1 aromatic heterocycles. The SMILES string of the molecule is COc1cccc(Nc2cc(NC(=O)O)cc(C(=O)NC3Cc4ccccc4C3)n2)c1. The Labute approximate surface area is 179 Å².